The molecule has 0 aromatic carbocycles. The van der Waals surface area contributed by atoms with E-state index in [0.29, 0.717) is 23.0 Å². The van der Waals surface area contributed by atoms with E-state index < -0.39 is 0 Å². The van der Waals surface area contributed by atoms with E-state index in [1.165, 1.54) is 44.2 Å². The first-order valence-electron chi connectivity index (χ1n) is 9.68. The maximum atomic E-state index is 12.6. The second-order valence-electron chi connectivity index (χ2n) is 8.71. The van der Waals surface area contributed by atoms with Crippen LogP contribution in [0.5, 0.6) is 0 Å². The molecule has 0 aliphatic heterocycles. The Kier molecular flexibility index (Phi) is 3.46. The highest BCUT2D eigenvalue weighted by atomic mass is 16.1. The fourth-order valence-electron chi connectivity index (χ4n) is 6.08. The number of nitrogens with zero attached hydrogens (tertiary/aromatic N) is 3. The number of amides is 1. The minimum absolute atomic E-state index is 0.214. The number of hydrogen-bond acceptors (Lipinski definition) is 4. The smallest absolute Gasteiger partial charge is 0.261 e. The van der Waals surface area contributed by atoms with Gasteiger partial charge in [0.2, 0.25) is 5.95 Å². The van der Waals surface area contributed by atoms with Crippen LogP contribution < -0.4 is 5.32 Å². The van der Waals surface area contributed by atoms with Gasteiger partial charge in [-0.25, -0.2) is 15.0 Å². The number of nitrogens with one attached hydrogen (secondary N) is 2. The van der Waals surface area contributed by atoms with E-state index >= 15 is 0 Å². The molecule has 6 rings (SSSR count). The van der Waals surface area contributed by atoms with Gasteiger partial charge in [0, 0.05) is 17.3 Å². The van der Waals surface area contributed by atoms with Gasteiger partial charge in [0.15, 0.2) is 0 Å². The molecule has 4 fully saturated rings. The van der Waals surface area contributed by atoms with Crippen molar-refractivity contribution >= 4 is 11.9 Å². The van der Waals surface area contributed by atoms with Crippen LogP contribution in [-0.2, 0) is 5.41 Å². The van der Waals surface area contributed by atoms with Crippen molar-refractivity contribution in [2.75, 3.05) is 5.32 Å². The Hall–Kier alpha value is -2.24. The molecule has 0 radical (unpaired) electrons. The molecule has 4 bridgehead atoms. The summed E-state index contributed by atoms with van der Waals surface area (Å²) in [6, 6.07) is 0. The molecule has 6 heteroatoms. The average Bonchev–Trinajstić information content (AvgIpc) is 3.02. The Labute approximate surface area is 153 Å². The van der Waals surface area contributed by atoms with Gasteiger partial charge in [-0.05, 0) is 70.1 Å². The van der Waals surface area contributed by atoms with Crippen LogP contribution >= 0.6 is 0 Å². The number of anilines is 1. The van der Waals surface area contributed by atoms with Crippen LogP contribution in [-0.4, -0.2) is 25.8 Å². The molecule has 0 unspecified atom stereocenters. The molecular formula is C20H25N5O. The van der Waals surface area contributed by atoms with Gasteiger partial charge in [-0.3, -0.25) is 10.1 Å². The highest BCUT2D eigenvalue weighted by molar-refractivity contribution is 6.03. The second kappa shape index (κ2) is 5.63. The fraction of sp³-hybridized carbons (Fsp3) is 0.600. The number of H-pyrrole nitrogens is 1. The molecule has 0 atom stereocenters. The van der Waals surface area contributed by atoms with E-state index in [4.69, 9.17) is 0 Å². The molecule has 2 N–H and O–H groups in total. The van der Waals surface area contributed by atoms with Crippen LogP contribution in [0.25, 0.3) is 0 Å². The van der Waals surface area contributed by atoms with Crippen molar-refractivity contribution in [2.45, 2.75) is 57.8 Å². The van der Waals surface area contributed by atoms with Crippen LogP contribution in [0.1, 0.15) is 66.1 Å². The fourth-order valence-corrected chi connectivity index (χ4v) is 6.08. The summed E-state index contributed by atoms with van der Waals surface area (Å²) in [5.41, 5.74) is 2.64. The number of aromatic amines is 1. The first-order chi connectivity index (χ1) is 12.5. The zero-order valence-electron chi connectivity index (χ0n) is 15.4. The Morgan fingerprint density at radius 3 is 2.35 bits per heavy atom. The standard InChI is InChI=1S/C20H25N5O/c1-11-16(9-21-12(2)23-11)18(26)25-19-22-10-17(24-19)20-6-13-3-14(7-20)5-15(4-13)8-20/h9-10,13-15H,3-8H2,1-2H3,(H2,22,24,25,26). The van der Waals surface area contributed by atoms with Crippen LogP contribution in [0.15, 0.2) is 12.4 Å². The highest BCUT2D eigenvalue weighted by Gasteiger charge is 2.52. The largest absolute Gasteiger partial charge is 0.327 e. The van der Waals surface area contributed by atoms with E-state index in [1.807, 2.05) is 20.0 Å². The van der Waals surface area contributed by atoms with Gasteiger partial charge in [-0.2, -0.15) is 0 Å². The SMILES string of the molecule is Cc1ncc(C(=O)Nc2ncc(C34CC5CC(CC(C5)C3)C4)[nH]2)c(C)n1. The number of aromatic nitrogens is 4. The molecule has 6 nitrogen and oxygen atoms in total. The lowest BCUT2D eigenvalue weighted by atomic mass is 9.49. The predicted octanol–water partition coefficient (Wildman–Crippen LogP) is 3.54. The van der Waals surface area contributed by atoms with Crippen molar-refractivity contribution < 1.29 is 4.79 Å². The lowest BCUT2D eigenvalue weighted by molar-refractivity contribution is -0.00698. The maximum Gasteiger partial charge on any atom is 0.261 e. The summed E-state index contributed by atoms with van der Waals surface area (Å²) in [6.45, 7) is 3.64. The van der Waals surface area contributed by atoms with Gasteiger partial charge >= 0.3 is 0 Å². The van der Waals surface area contributed by atoms with Gasteiger partial charge in [0.25, 0.3) is 5.91 Å². The number of carbonyl (C=O) groups excluding carboxylic acids is 1. The molecule has 2 heterocycles. The number of rotatable bonds is 3. The number of imidazole rings is 1. The molecule has 2 aromatic rings. The minimum atomic E-state index is -0.214. The third-order valence-corrected chi connectivity index (χ3v) is 6.76. The molecule has 4 saturated carbocycles. The summed E-state index contributed by atoms with van der Waals surface area (Å²) < 4.78 is 0. The zero-order valence-corrected chi connectivity index (χ0v) is 15.4. The van der Waals surface area contributed by atoms with Gasteiger partial charge < -0.3 is 4.98 Å². The monoisotopic (exact) mass is 351 g/mol. The van der Waals surface area contributed by atoms with Crippen molar-refractivity contribution in [3.63, 3.8) is 0 Å². The van der Waals surface area contributed by atoms with Gasteiger partial charge in [0.1, 0.15) is 5.82 Å². The van der Waals surface area contributed by atoms with Crippen molar-refractivity contribution in [1.29, 1.82) is 0 Å². The molecule has 2 aromatic heterocycles. The van der Waals surface area contributed by atoms with Crippen LogP contribution in [0, 0.1) is 31.6 Å². The van der Waals surface area contributed by atoms with Crippen molar-refractivity contribution in [3.05, 3.63) is 35.2 Å². The summed E-state index contributed by atoms with van der Waals surface area (Å²) in [5, 5.41) is 2.89. The van der Waals surface area contributed by atoms with Gasteiger partial charge in [-0.15, -0.1) is 0 Å². The third-order valence-electron chi connectivity index (χ3n) is 6.76. The highest BCUT2D eigenvalue weighted by Crippen LogP contribution is 2.60. The quantitative estimate of drug-likeness (QED) is 0.886. The molecular weight excluding hydrogens is 326 g/mol. The summed E-state index contributed by atoms with van der Waals surface area (Å²) >= 11 is 0. The lowest BCUT2D eigenvalue weighted by Crippen LogP contribution is -2.48. The maximum absolute atomic E-state index is 12.6. The number of carbonyl (C=O) groups is 1. The third kappa shape index (κ3) is 2.54. The molecule has 0 saturated heterocycles. The summed E-state index contributed by atoms with van der Waals surface area (Å²) in [5.74, 6) is 3.63. The van der Waals surface area contributed by atoms with E-state index in [-0.39, 0.29) is 11.3 Å². The van der Waals surface area contributed by atoms with Crippen molar-refractivity contribution in [3.8, 4) is 0 Å². The van der Waals surface area contributed by atoms with Crippen LogP contribution in [0.3, 0.4) is 0 Å². The summed E-state index contributed by atoms with van der Waals surface area (Å²) in [6.07, 6.45) is 11.6. The van der Waals surface area contributed by atoms with Gasteiger partial charge in [-0.1, -0.05) is 0 Å². The van der Waals surface area contributed by atoms with E-state index in [1.54, 1.807) is 6.20 Å². The van der Waals surface area contributed by atoms with Gasteiger partial charge in [0.05, 0.1) is 17.5 Å². The summed E-state index contributed by atoms with van der Waals surface area (Å²) in [4.78, 5) is 28.8. The minimum Gasteiger partial charge on any atom is -0.327 e. The predicted molar refractivity (Wildman–Crippen MR) is 97.9 cm³/mol. The van der Waals surface area contributed by atoms with E-state index in [2.05, 4.69) is 25.3 Å². The first-order valence-corrected chi connectivity index (χ1v) is 9.68. The summed E-state index contributed by atoms with van der Waals surface area (Å²) in [7, 11) is 0. The molecule has 0 spiro atoms. The zero-order chi connectivity index (χ0) is 17.9. The average molecular weight is 351 g/mol. The Balaban J connectivity index is 1.37. The van der Waals surface area contributed by atoms with E-state index in [9.17, 15) is 4.79 Å². The Bertz CT molecular complexity index is 836. The Morgan fingerprint density at radius 2 is 1.73 bits per heavy atom. The Morgan fingerprint density at radius 1 is 1.08 bits per heavy atom. The molecule has 136 valence electrons. The number of hydrogen-bond donors (Lipinski definition) is 2. The van der Waals surface area contributed by atoms with Crippen molar-refractivity contribution in [1.82, 2.24) is 19.9 Å². The number of aryl methyl sites for hydroxylation is 2. The topological polar surface area (TPSA) is 83.6 Å². The second-order valence-corrected chi connectivity index (χ2v) is 8.71. The molecule has 26 heavy (non-hydrogen) atoms. The molecule has 4 aliphatic rings. The van der Waals surface area contributed by atoms with Crippen LogP contribution in [0.2, 0.25) is 0 Å². The van der Waals surface area contributed by atoms with Crippen molar-refractivity contribution in [2.24, 2.45) is 17.8 Å². The molecule has 1 amide bonds. The normalized spacial score (nSPS) is 32.0. The molecule has 4 aliphatic carbocycles. The lowest BCUT2D eigenvalue weighted by Gasteiger charge is -2.56. The first kappa shape index (κ1) is 16.0. The van der Waals surface area contributed by atoms with Crippen LogP contribution in [0.4, 0.5) is 5.95 Å². The van der Waals surface area contributed by atoms with E-state index in [0.717, 1.165) is 17.8 Å².